The molecule has 0 bridgehead atoms. The number of ether oxygens (including phenoxy) is 1. The van der Waals surface area contributed by atoms with Gasteiger partial charge in [-0.3, -0.25) is 0 Å². The topological polar surface area (TPSA) is 24.5 Å². The van der Waals surface area contributed by atoms with Crippen molar-refractivity contribution in [1.82, 2.24) is 10.2 Å². The summed E-state index contributed by atoms with van der Waals surface area (Å²) in [4.78, 5) is 2.65. The van der Waals surface area contributed by atoms with Gasteiger partial charge in [-0.2, -0.15) is 0 Å². The Morgan fingerprint density at radius 2 is 2.17 bits per heavy atom. The number of hydrogen-bond donors (Lipinski definition) is 1. The molecule has 2 aliphatic heterocycles. The number of likely N-dealkylation sites (tertiary alicyclic amines) is 1. The molecule has 106 valence electrons. The van der Waals surface area contributed by atoms with Crippen LogP contribution in [0.1, 0.15) is 33.6 Å². The predicted molar refractivity (Wildman–Crippen MR) is 75.8 cm³/mol. The summed E-state index contributed by atoms with van der Waals surface area (Å²) in [7, 11) is 0. The summed E-state index contributed by atoms with van der Waals surface area (Å²) in [5.41, 5.74) is 0. The Hall–Kier alpha value is -0.120. The number of rotatable bonds is 6. The van der Waals surface area contributed by atoms with Gasteiger partial charge in [0.25, 0.3) is 0 Å². The van der Waals surface area contributed by atoms with Crippen molar-refractivity contribution in [1.29, 1.82) is 0 Å². The maximum atomic E-state index is 5.65. The van der Waals surface area contributed by atoms with Crippen LogP contribution in [0.15, 0.2) is 0 Å². The minimum Gasteiger partial charge on any atom is -0.378 e. The molecule has 0 aromatic rings. The Bertz CT molecular complexity index is 245. The third-order valence-electron chi connectivity index (χ3n) is 4.38. The van der Waals surface area contributed by atoms with E-state index in [4.69, 9.17) is 4.74 Å². The van der Waals surface area contributed by atoms with E-state index in [0.717, 1.165) is 30.9 Å². The monoisotopic (exact) mass is 254 g/mol. The lowest BCUT2D eigenvalue weighted by molar-refractivity contribution is 0.0952. The van der Waals surface area contributed by atoms with Crippen molar-refractivity contribution < 1.29 is 4.74 Å². The second-order valence-electron chi connectivity index (χ2n) is 6.59. The van der Waals surface area contributed by atoms with Crippen LogP contribution in [0.5, 0.6) is 0 Å². The lowest BCUT2D eigenvalue weighted by atomic mass is 10.0. The molecule has 0 saturated carbocycles. The first-order valence-electron chi connectivity index (χ1n) is 7.70. The van der Waals surface area contributed by atoms with Gasteiger partial charge in [0.15, 0.2) is 0 Å². The molecule has 3 unspecified atom stereocenters. The van der Waals surface area contributed by atoms with Gasteiger partial charge in [-0.25, -0.2) is 0 Å². The largest absolute Gasteiger partial charge is 0.378 e. The van der Waals surface area contributed by atoms with Crippen LogP contribution >= 0.6 is 0 Å². The third kappa shape index (κ3) is 4.22. The molecule has 3 nitrogen and oxygen atoms in total. The minimum atomic E-state index is 0.475. The van der Waals surface area contributed by atoms with E-state index in [1.807, 2.05) is 0 Å². The molecule has 2 fully saturated rings. The molecule has 0 amide bonds. The Morgan fingerprint density at radius 3 is 2.83 bits per heavy atom. The van der Waals surface area contributed by atoms with Gasteiger partial charge in [0, 0.05) is 19.7 Å². The first-order chi connectivity index (χ1) is 8.65. The summed E-state index contributed by atoms with van der Waals surface area (Å²) >= 11 is 0. The van der Waals surface area contributed by atoms with Crippen LogP contribution in [0.25, 0.3) is 0 Å². The fourth-order valence-electron chi connectivity index (χ4n) is 3.17. The molecule has 18 heavy (non-hydrogen) atoms. The molecule has 0 aromatic heterocycles. The SMILES string of the molecule is CC(C)CNCC1CCN(CC2CCOC2C)C1. The average molecular weight is 254 g/mol. The van der Waals surface area contributed by atoms with Crippen LogP contribution in [0.4, 0.5) is 0 Å². The summed E-state index contributed by atoms with van der Waals surface area (Å²) in [6.07, 6.45) is 3.10. The van der Waals surface area contributed by atoms with Crippen LogP contribution in [0.3, 0.4) is 0 Å². The van der Waals surface area contributed by atoms with Crippen molar-refractivity contribution in [3.63, 3.8) is 0 Å². The summed E-state index contributed by atoms with van der Waals surface area (Å²) < 4.78 is 5.65. The zero-order chi connectivity index (χ0) is 13.0. The van der Waals surface area contributed by atoms with Gasteiger partial charge in [-0.1, -0.05) is 13.8 Å². The molecule has 3 heteroatoms. The molecule has 2 saturated heterocycles. The summed E-state index contributed by atoms with van der Waals surface area (Å²) in [5, 5.41) is 3.60. The maximum Gasteiger partial charge on any atom is 0.0588 e. The fraction of sp³-hybridized carbons (Fsp3) is 1.00. The van der Waals surface area contributed by atoms with Crippen LogP contribution in [-0.4, -0.2) is 50.3 Å². The highest BCUT2D eigenvalue weighted by Gasteiger charge is 2.29. The van der Waals surface area contributed by atoms with Crippen molar-refractivity contribution >= 4 is 0 Å². The molecule has 0 aliphatic carbocycles. The quantitative estimate of drug-likeness (QED) is 0.784. The average Bonchev–Trinajstić information content (AvgIpc) is 2.90. The van der Waals surface area contributed by atoms with E-state index < -0.39 is 0 Å². The number of hydrogen-bond acceptors (Lipinski definition) is 3. The lowest BCUT2D eigenvalue weighted by Crippen LogP contribution is -2.32. The van der Waals surface area contributed by atoms with Gasteiger partial charge in [-0.15, -0.1) is 0 Å². The Labute approximate surface area is 112 Å². The van der Waals surface area contributed by atoms with Crippen LogP contribution < -0.4 is 5.32 Å². The molecule has 0 spiro atoms. The van der Waals surface area contributed by atoms with E-state index in [-0.39, 0.29) is 0 Å². The molecular weight excluding hydrogens is 224 g/mol. The highest BCUT2D eigenvalue weighted by Crippen LogP contribution is 2.24. The fourth-order valence-corrected chi connectivity index (χ4v) is 3.17. The zero-order valence-electron chi connectivity index (χ0n) is 12.3. The number of nitrogens with one attached hydrogen (secondary N) is 1. The lowest BCUT2D eigenvalue weighted by Gasteiger charge is -2.22. The Kier molecular flexibility index (Phi) is 5.46. The normalized spacial score (nSPS) is 33.7. The van der Waals surface area contributed by atoms with Crippen molar-refractivity contribution in [2.24, 2.45) is 17.8 Å². The van der Waals surface area contributed by atoms with Gasteiger partial charge in [0.05, 0.1) is 6.10 Å². The molecule has 3 atom stereocenters. The minimum absolute atomic E-state index is 0.475. The molecule has 0 aromatic carbocycles. The Balaban J connectivity index is 1.62. The third-order valence-corrected chi connectivity index (χ3v) is 4.38. The van der Waals surface area contributed by atoms with Gasteiger partial charge in [0.2, 0.25) is 0 Å². The van der Waals surface area contributed by atoms with Crippen molar-refractivity contribution in [2.75, 3.05) is 39.3 Å². The van der Waals surface area contributed by atoms with Crippen LogP contribution in [-0.2, 0) is 4.74 Å². The number of nitrogens with zero attached hydrogens (tertiary/aromatic N) is 1. The molecule has 2 aliphatic rings. The molecule has 2 rings (SSSR count). The Morgan fingerprint density at radius 1 is 1.33 bits per heavy atom. The van der Waals surface area contributed by atoms with E-state index in [0.29, 0.717) is 6.10 Å². The van der Waals surface area contributed by atoms with E-state index >= 15 is 0 Å². The zero-order valence-corrected chi connectivity index (χ0v) is 12.3. The van der Waals surface area contributed by atoms with E-state index in [1.165, 1.54) is 39.0 Å². The van der Waals surface area contributed by atoms with Gasteiger partial charge in [-0.05, 0) is 57.2 Å². The van der Waals surface area contributed by atoms with Gasteiger partial charge in [0.1, 0.15) is 0 Å². The van der Waals surface area contributed by atoms with E-state index in [9.17, 15) is 0 Å². The van der Waals surface area contributed by atoms with Crippen molar-refractivity contribution in [3.05, 3.63) is 0 Å². The second-order valence-corrected chi connectivity index (χ2v) is 6.59. The van der Waals surface area contributed by atoms with Gasteiger partial charge < -0.3 is 15.0 Å². The molecule has 1 N–H and O–H groups in total. The summed E-state index contributed by atoms with van der Waals surface area (Å²) in [5.74, 6) is 2.40. The molecular formula is C15H30N2O. The molecule has 2 heterocycles. The van der Waals surface area contributed by atoms with Crippen LogP contribution in [0.2, 0.25) is 0 Å². The van der Waals surface area contributed by atoms with Crippen molar-refractivity contribution in [2.45, 2.75) is 39.7 Å². The van der Waals surface area contributed by atoms with E-state index in [1.54, 1.807) is 0 Å². The van der Waals surface area contributed by atoms with Gasteiger partial charge >= 0.3 is 0 Å². The first-order valence-corrected chi connectivity index (χ1v) is 7.70. The summed E-state index contributed by atoms with van der Waals surface area (Å²) in [6.45, 7) is 13.9. The smallest absolute Gasteiger partial charge is 0.0588 e. The summed E-state index contributed by atoms with van der Waals surface area (Å²) in [6, 6.07) is 0. The highest BCUT2D eigenvalue weighted by molar-refractivity contribution is 4.82. The maximum absolute atomic E-state index is 5.65. The predicted octanol–water partition coefficient (Wildman–Crippen LogP) is 1.98. The highest BCUT2D eigenvalue weighted by atomic mass is 16.5. The standard InChI is InChI=1S/C15H30N2O/c1-12(2)8-16-9-14-4-6-17(10-14)11-15-5-7-18-13(15)3/h12-16H,4-11H2,1-3H3. The second kappa shape index (κ2) is 6.88. The molecule has 0 radical (unpaired) electrons. The van der Waals surface area contributed by atoms with Crippen molar-refractivity contribution in [3.8, 4) is 0 Å². The van der Waals surface area contributed by atoms with Crippen LogP contribution in [0, 0.1) is 17.8 Å². The first kappa shape index (κ1) is 14.3. The van der Waals surface area contributed by atoms with E-state index in [2.05, 4.69) is 31.0 Å².